The highest BCUT2D eigenvalue weighted by molar-refractivity contribution is 5.72. The molecule has 1 aromatic rings. The van der Waals surface area contributed by atoms with Crippen LogP contribution in [0.4, 0.5) is 5.69 Å². The van der Waals surface area contributed by atoms with Crippen LogP contribution in [0.5, 0.6) is 0 Å². The monoisotopic (exact) mass is 249 g/mol. The molecule has 0 atom stereocenters. The molecule has 0 bridgehead atoms. The average Bonchev–Trinajstić information content (AvgIpc) is 2.34. The number of nitrogens with zero attached hydrogens (tertiary/aromatic N) is 1. The number of hydrogen-bond acceptors (Lipinski definition) is 3. The van der Waals surface area contributed by atoms with Crippen LogP contribution in [0, 0.1) is 0 Å². The lowest BCUT2D eigenvalue weighted by Gasteiger charge is -2.12. The highest BCUT2D eigenvalue weighted by atomic mass is 16.1. The van der Waals surface area contributed by atoms with Gasteiger partial charge in [0.2, 0.25) is 5.91 Å². The summed E-state index contributed by atoms with van der Waals surface area (Å²) < 4.78 is 0. The van der Waals surface area contributed by atoms with E-state index in [1.165, 1.54) is 11.3 Å². The molecule has 100 valence electrons. The summed E-state index contributed by atoms with van der Waals surface area (Å²) >= 11 is 0. The summed E-state index contributed by atoms with van der Waals surface area (Å²) in [6, 6.07) is 8.51. The molecule has 1 rings (SSSR count). The Labute approximate surface area is 109 Å². The van der Waals surface area contributed by atoms with E-state index in [0.717, 1.165) is 26.1 Å². The number of nitrogens with one attached hydrogen (secondary N) is 2. The number of hydrogen-bond donors (Lipinski definition) is 2. The van der Waals surface area contributed by atoms with Gasteiger partial charge in [0, 0.05) is 39.8 Å². The van der Waals surface area contributed by atoms with Gasteiger partial charge in [-0.1, -0.05) is 12.1 Å². The summed E-state index contributed by atoms with van der Waals surface area (Å²) in [7, 11) is 4.07. The third-order valence-corrected chi connectivity index (χ3v) is 2.69. The second kappa shape index (κ2) is 7.71. The molecule has 0 radical (unpaired) electrons. The van der Waals surface area contributed by atoms with Crippen molar-refractivity contribution >= 4 is 11.6 Å². The van der Waals surface area contributed by atoms with Crippen LogP contribution >= 0.6 is 0 Å². The Morgan fingerprint density at radius 3 is 2.39 bits per heavy atom. The fourth-order valence-corrected chi connectivity index (χ4v) is 1.62. The van der Waals surface area contributed by atoms with Gasteiger partial charge >= 0.3 is 0 Å². The van der Waals surface area contributed by atoms with Crippen molar-refractivity contribution in [2.45, 2.75) is 19.9 Å². The maximum absolute atomic E-state index is 10.6. The van der Waals surface area contributed by atoms with E-state index < -0.39 is 0 Å². The molecular weight excluding hydrogens is 226 g/mol. The van der Waals surface area contributed by atoms with Gasteiger partial charge in [0.15, 0.2) is 0 Å². The topological polar surface area (TPSA) is 44.4 Å². The van der Waals surface area contributed by atoms with Crippen LogP contribution in [0.15, 0.2) is 24.3 Å². The lowest BCUT2D eigenvalue weighted by Crippen LogP contribution is -2.24. The van der Waals surface area contributed by atoms with Crippen molar-refractivity contribution in [1.29, 1.82) is 0 Å². The minimum absolute atomic E-state index is 0.0364. The summed E-state index contributed by atoms with van der Waals surface area (Å²) in [6.45, 7) is 4.06. The molecule has 0 spiro atoms. The molecular formula is C14H23N3O. The van der Waals surface area contributed by atoms with Crippen molar-refractivity contribution in [3.63, 3.8) is 0 Å². The number of rotatable bonds is 7. The zero-order valence-electron chi connectivity index (χ0n) is 11.5. The Bertz CT molecular complexity index is 360. The second-order valence-corrected chi connectivity index (χ2v) is 4.57. The number of amides is 1. The van der Waals surface area contributed by atoms with E-state index in [2.05, 4.69) is 39.8 Å². The van der Waals surface area contributed by atoms with Gasteiger partial charge in [-0.15, -0.1) is 0 Å². The number of anilines is 1. The van der Waals surface area contributed by atoms with E-state index in [1.54, 1.807) is 6.92 Å². The summed E-state index contributed by atoms with van der Waals surface area (Å²) in [5.74, 6) is 0.0364. The first-order chi connectivity index (χ1) is 8.59. The van der Waals surface area contributed by atoms with Crippen LogP contribution in [0.2, 0.25) is 0 Å². The Balaban J connectivity index is 2.17. The van der Waals surface area contributed by atoms with Crippen LogP contribution in [0.3, 0.4) is 0 Å². The summed E-state index contributed by atoms with van der Waals surface area (Å²) in [5, 5.41) is 6.14. The lowest BCUT2D eigenvalue weighted by molar-refractivity contribution is -0.118. The Hall–Kier alpha value is -1.55. The number of carbonyl (C=O) groups is 1. The average molecular weight is 249 g/mol. The van der Waals surface area contributed by atoms with Crippen LogP contribution in [-0.4, -0.2) is 33.1 Å². The predicted octanol–water partition coefficient (Wildman–Crippen LogP) is 1.37. The molecule has 0 saturated heterocycles. The minimum Gasteiger partial charge on any atom is -0.378 e. The first-order valence-electron chi connectivity index (χ1n) is 6.31. The molecule has 0 unspecified atom stereocenters. The normalized spacial score (nSPS) is 10.2. The molecule has 4 nitrogen and oxygen atoms in total. The van der Waals surface area contributed by atoms with Crippen molar-refractivity contribution in [3.8, 4) is 0 Å². The zero-order chi connectivity index (χ0) is 13.4. The van der Waals surface area contributed by atoms with Gasteiger partial charge in [-0.25, -0.2) is 0 Å². The number of carbonyl (C=O) groups excluding carboxylic acids is 1. The van der Waals surface area contributed by atoms with Gasteiger partial charge in [-0.2, -0.15) is 0 Å². The molecule has 0 fully saturated rings. The van der Waals surface area contributed by atoms with E-state index in [1.807, 2.05) is 14.1 Å². The highest BCUT2D eigenvalue weighted by Crippen LogP contribution is 2.11. The highest BCUT2D eigenvalue weighted by Gasteiger charge is 1.96. The second-order valence-electron chi connectivity index (χ2n) is 4.57. The van der Waals surface area contributed by atoms with Crippen molar-refractivity contribution in [2.24, 2.45) is 0 Å². The van der Waals surface area contributed by atoms with Gasteiger partial charge in [-0.05, 0) is 30.7 Å². The summed E-state index contributed by atoms with van der Waals surface area (Å²) in [6.07, 6.45) is 0.954. The summed E-state index contributed by atoms with van der Waals surface area (Å²) in [4.78, 5) is 12.7. The quantitative estimate of drug-likeness (QED) is 0.717. The maximum atomic E-state index is 10.6. The van der Waals surface area contributed by atoms with E-state index in [-0.39, 0.29) is 5.91 Å². The van der Waals surface area contributed by atoms with Gasteiger partial charge in [0.1, 0.15) is 0 Å². The number of benzene rings is 1. The van der Waals surface area contributed by atoms with Gasteiger partial charge in [0.25, 0.3) is 0 Å². The summed E-state index contributed by atoms with van der Waals surface area (Å²) in [5.41, 5.74) is 2.49. The molecule has 2 N–H and O–H groups in total. The van der Waals surface area contributed by atoms with Gasteiger partial charge in [0.05, 0.1) is 0 Å². The molecule has 0 aromatic heterocycles. The molecule has 1 aromatic carbocycles. The Morgan fingerprint density at radius 2 is 1.83 bits per heavy atom. The van der Waals surface area contributed by atoms with E-state index in [0.29, 0.717) is 0 Å². The molecule has 0 aliphatic heterocycles. The maximum Gasteiger partial charge on any atom is 0.216 e. The molecule has 1 amide bonds. The van der Waals surface area contributed by atoms with Crippen LogP contribution in [-0.2, 0) is 11.3 Å². The first kappa shape index (κ1) is 14.5. The van der Waals surface area contributed by atoms with Crippen LogP contribution in [0.1, 0.15) is 18.9 Å². The predicted molar refractivity (Wildman–Crippen MR) is 75.8 cm³/mol. The fraction of sp³-hybridized carbons (Fsp3) is 0.500. The zero-order valence-corrected chi connectivity index (χ0v) is 11.5. The molecule has 0 heterocycles. The van der Waals surface area contributed by atoms with Crippen molar-refractivity contribution in [3.05, 3.63) is 29.8 Å². The third-order valence-electron chi connectivity index (χ3n) is 2.69. The van der Waals surface area contributed by atoms with Crippen molar-refractivity contribution in [2.75, 3.05) is 32.1 Å². The fourth-order valence-electron chi connectivity index (χ4n) is 1.62. The standard InChI is InChI=1S/C14H23N3O/c1-12(18)16-10-4-9-15-11-13-5-7-14(8-6-13)17(2)3/h5-8,15H,4,9-11H2,1-3H3,(H,16,18). The molecule has 18 heavy (non-hydrogen) atoms. The molecule has 0 aliphatic carbocycles. The van der Waals surface area contributed by atoms with E-state index >= 15 is 0 Å². The SMILES string of the molecule is CC(=O)NCCCNCc1ccc(N(C)C)cc1. The molecule has 0 aliphatic rings. The Morgan fingerprint density at radius 1 is 1.17 bits per heavy atom. The minimum atomic E-state index is 0.0364. The molecule has 0 saturated carbocycles. The first-order valence-corrected chi connectivity index (χ1v) is 6.31. The van der Waals surface area contributed by atoms with Crippen molar-refractivity contribution < 1.29 is 4.79 Å². The molecule has 4 heteroatoms. The van der Waals surface area contributed by atoms with E-state index in [4.69, 9.17) is 0 Å². The van der Waals surface area contributed by atoms with Crippen LogP contribution < -0.4 is 15.5 Å². The lowest BCUT2D eigenvalue weighted by atomic mass is 10.2. The van der Waals surface area contributed by atoms with E-state index in [9.17, 15) is 4.79 Å². The smallest absolute Gasteiger partial charge is 0.216 e. The van der Waals surface area contributed by atoms with Crippen molar-refractivity contribution in [1.82, 2.24) is 10.6 Å². The van der Waals surface area contributed by atoms with Crippen LogP contribution in [0.25, 0.3) is 0 Å². The third kappa shape index (κ3) is 5.68. The largest absolute Gasteiger partial charge is 0.378 e. The van der Waals surface area contributed by atoms with Gasteiger partial charge < -0.3 is 15.5 Å². The van der Waals surface area contributed by atoms with Gasteiger partial charge in [-0.3, -0.25) is 4.79 Å². The Kier molecular flexibility index (Phi) is 6.22.